The van der Waals surface area contributed by atoms with Crippen LogP contribution < -0.4 is 5.32 Å². The van der Waals surface area contributed by atoms with Crippen molar-refractivity contribution in [1.82, 2.24) is 4.98 Å². The Hall–Kier alpha value is -0.870. The minimum absolute atomic E-state index is 0.790. The summed E-state index contributed by atoms with van der Waals surface area (Å²) in [6.07, 6.45) is 1.83. The Morgan fingerprint density at radius 1 is 1.47 bits per heavy atom. The van der Waals surface area contributed by atoms with Crippen LogP contribution in [0.25, 0.3) is 0 Å². The Bertz CT molecular complexity index is 440. The number of rotatable bonds is 3. The molecule has 0 aliphatic rings. The summed E-state index contributed by atoms with van der Waals surface area (Å²) in [5.41, 5.74) is 2.37. The number of anilines is 1. The summed E-state index contributed by atoms with van der Waals surface area (Å²) in [6, 6.07) is 6.24. The number of halogens is 1. The van der Waals surface area contributed by atoms with Crippen LogP contribution in [0.1, 0.15) is 10.6 Å². The number of nitrogens with one attached hydrogen (secondary N) is 1. The molecule has 1 aromatic heterocycles. The first kappa shape index (κ1) is 10.6. The fourth-order valence-electron chi connectivity index (χ4n) is 1.27. The van der Waals surface area contributed by atoms with Crippen molar-refractivity contribution in [3.8, 4) is 0 Å². The average Bonchev–Trinajstić information content (AvgIpc) is 2.73. The van der Waals surface area contributed by atoms with Crippen molar-refractivity contribution in [1.29, 1.82) is 0 Å². The lowest BCUT2D eigenvalue weighted by molar-refractivity contribution is 1.10. The Kier molecular flexibility index (Phi) is 3.38. The fraction of sp³-hybridized carbons (Fsp3) is 0.182. The average molecular weight is 283 g/mol. The Labute approximate surface area is 101 Å². The van der Waals surface area contributed by atoms with Crippen LogP contribution in [0.2, 0.25) is 0 Å². The lowest BCUT2D eigenvalue weighted by Crippen LogP contribution is -1.98. The summed E-state index contributed by atoms with van der Waals surface area (Å²) in [5, 5.41) is 6.44. The van der Waals surface area contributed by atoms with Gasteiger partial charge in [-0.25, -0.2) is 4.98 Å². The molecule has 2 aromatic rings. The molecule has 0 aliphatic carbocycles. The Morgan fingerprint density at radius 3 is 3.00 bits per heavy atom. The summed E-state index contributed by atoms with van der Waals surface area (Å²) >= 11 is 5.15. The highest BCUT2D eigenvalue weighted by Crippen LogP contribution is 2.20. The van der Waals surface area contributed by atoms with E-state index in [2.05, 4.69) is 51.4 Å². The van der Waals surface area contributed by atoms with Crippen molar-refractivity contribution in [2.45, 2.75) is 13.5 Å². The molecule has 0 radical (unpaired) electrons. The number of aromatic nitrogens is 1. The quantitative estimate of drug-likeness (QED) is 0.926. The van der Waals surface area contributed by atoms with Crippen LogP contribution in [0, 0.1) is 6.92 Å². The summed E-state index contributed by atoms with van der Waals surface area (Å²) in [4.78, 5) is 4.22. The summed E-state index contributed by atoms with van der Waals surface area (Å²) in [6.45, 7) is 2.87. The van der Waals surface area contributed by atoms with E-state index in [0.29, 0.717) is 0 Å². The van der Waals surface area contributed by atoms with E-state index in [1.165, 1.54) is 5.56 Å². The topological polar surface area (TPSA) is 24.9 Å². The van der Waals surface area contributed by atoms with Crippen molar-refractivity contribution in [2.75, 3.05) is 5.32 Å². The van der Waals surface area contributed by atoms with Crippen LogP contribution in [0.5, 0.6) is 0 Å². The van der Waals surface area contributed by atoms with Crippen LogP contribution in [0.15, 0.2) is 34.2 Å². The van der Waals surface area contributed by atoms with Gasteiger partial charge < -0.3 is 5.32 Å². The minimum atomic E-state index is 0.790. The van der Waals surface area contributed by atoms with E-state index in [9.17, 15) is 0 Å². The summed E-state index contributed by atoms with van der Waals surface area (Å²) in [7, 11) is 0. The van der Waals surface area contributed by atoms with Gasteiger partial charge in [-0.1, -0.05) is 15.9 Å². The SMILES string of the molecule is Cc1cc(NCc2nccs2)ccc1Br. The van der Waals surface area contributed by atoms with E-state index in [1.807, 2.05) is 11.6 Å². The highest BCUT2D eigenvalue weighted by Gasteiger charge is 1.98. The standard InChI is InChI=1S/C11H11BrN2S/c1-8-6-9(2-3-10(8)12)14-7-11-13-4-5-15-11/h2-6,14H,7H2,1H3. The zero-order valence-electron chi connectivity index (χ0n) is 8.33. The predicted molar refractivity (Wildman–Crippen MR) is 68.3 cm³/mol. The van der Waals surface area contributed by atoms with Gasteiger partial charge in [0.1, 0.15) is 5.01 Å². The van der Waals surface area contributed by atoms with Crippen LogP contribution in [0.4, 0.5) is 5.69 Å². The molecule has 0 fully saturated rings. The van der Waals surface area contributed by atoms with Gasteiger partial charge in [-0.3, -0.25) is 0 Å². The van der Waals surface area contributed by atoms with Gasteiger partial charge in [0.15, 0.2) is 0 Å². The molecule has 0 spiro atoms. The zero-order chi connectivity index (χ0) is 10.7. The largest absolute Gasteiger partial charge is 0.379 e. The molecule has 2 rings (SSSR count). The number of hydrogen-bond acceptors (Lipinski definition) is 3. The number of hydrogen-bond donors (Lipinski definition) is 1. The molecule has 1 N–H and O–H groups in total. The van der Waals surface area contributed by atoms with Gasteiger partial charge in [0.2, 0.25) is 0 Å². The van der Waals surface area contributed by atoms with Gasteiger partial charge in [0.25, 0.3) is 0 Å². The summed E-state index contributed by atoms with van der Waals surface area (Å²) in [5.74, 6) is 0. The fourth-order valence-corrected chi connectivity index (χ4v) is 2.08. The Balaban J connectivity index is 2.02. The molecular formula is C11H11BrN2S. The van der Waals surface area contributed by atoms with Gasteiger partial charge >= 0.3 is 0 Å². The molecule has 15 heavy (non-hydrogen) atoms. The van der Waals surface area contributed by atoms with Crippen molar-refractivity contribution in [3.63, 3.8) is 0 Å². The van der Waals surface area contributed by atoms with E-state index in [1.54, 1.807) is 11.3 Å². The van der Waals surface area contributed by atoms with Gasteiger partial charge in [0.05, 0.1) is 6.54 Å². The lowest BCUT2D eigenvalue weighted by Gasteiger charge is -2.06. The highest BCUT2D eigenvalue weighted by molar-refractivity contribution is 9.10. The first-order valence-corrected chi connectivity index (χ1v) is 6.31. The van der Waals surface area contributed by atoms with Crippen molar-refractivity contribution in [3.05, 3.63) is 44.8 Å². The minimum Gasteiger partial charge on any atom is -0.379 e. The van der Waals surface area contributed by atoms with Crippen LogP contribution in [0.3, 0.4) is 0 Å². The number of thiazole rings is 1. The zero-order valence-corrected chi connectivity index (χ0v) is 10.7. The maximum Gasteiger partial charge on any atom is 0.112 e. The van der Waals surface area contributed by atoms with Crippen molar-refractivity contribution >= 4 is 33.0 Å². The highest BCUT2D eigenvalue weighted by atomic mass is 79.9. The molecule has 1 aromatic carbocycles. The number of aryl methyl sites for hydroxylation is 1. The molecule has 2 nitrogen and oxygen atoms in total. The van der Waals surface area contributed by atoms with E-state index >= 15 is 0 Å². The van der Waals surface area contributed by atoms with Gasteiger partial charge in [-0.15, -0.1) is 11.3 Å². The first-order valence-electron chi connectivity index (χ1n) is 4.64. The lowest BCUT2D eigenvalue weighted by atomic mass is 10.2. The third-order valence-electron chi connectivity index (χ3n) is 2.09. The van der Waals surface area contributed by atoms with Crippen molar-refractivity contribution < 1.29 is 0 Å². The summed E-state index contributed by atoms with van der Waals surface area (Å²) < 4.78 is 1.14. The second-order valence-electron chi connectivity index (χ2n) is 3.24. The maximum absolute atomic E-state index is 4.22. The normalized spacial score (nSPS) is 10.3. The molecular weight excluding hydrogens is 272 g/mol. The molecule has 4 heteroatoms. The molecule has 0 saturated carbocycles. The molecule has 0 saturated heterocycles. The van der Waals surface area contributed by atoms with Crippen LogP contribution >= 0.6 is 27.3 Å². The van der Waals surface area contributed by atoms with E-state index < -0.39 is 0 Å². The van der Waals surface area contributed by atoms with Gasteiger partial charge in [-0.05, 0) is 30.7 Å². The number of nitrogens with zero attached hydrogens (tertiary/aromatic N) is 1. The maximum atomic E-state index is 4.22. The second kappa shape index (κ2) is 4.77. The van der Waals surface area contributed by atoms with Crippen molar-refractivity contribution in [2.24, 2.45) is 0 Å². The molecule has 78 valence electrons. The predicted octanol–water partition coefficient (Wildman–Crippen LogP) is 3.83. The third kappa shape index (κ3) is 2.79. The molecule has 0 unspecified atom stereocenters. The van der Waals surface area contributed by atoms with E-state index in [4.69, 9.17) is 0 Å². The van der Waals surface area contributed by atoms with Crippen LogP contribution in [-0.4, -0.2) is 4.98 Å². The molecule has 0 atom stereocenters. The number of benzene rings is 1. The van der Waals surface area contributed by atoms with Crippen LogP contribution in [-0.2, 0) is 6.54 Å². The first-order chi connectivity index (χ1) is 7.25. The molecule has 0 amide bonds. The Morgan fingerprint density at radius 2 is 2.33 bits per heavy atom. The monoisotopic (exact) mass is 282 g/mol. The molecule has 1 heterocycles. The molecule has 0 bridgehead atoms. The third-order valence-corrected chi connectivity index (χ3v) is 3.75. The van der Waals surface area contributed by atoms with E-state index in [0.717, 1.165) is 21.7 Å². The smallest absolute Gasteiger partial charge is 0.112 e. The molecule has 0 aliphatic heterocycles. The second-order valence-corrected chi connectivity index (χ2v) is 5.08. The van der Waals surface area contributed by atoms with Gasteiger partial charge in [-0.2, -0.15) is 0 Å². The van der Waals surface area contributed by atoms with Gasteiger partial charge in [0, 0.05) is 21.7 Å². The van der Waals surface area contributed by atoms with E-state index in [-0.39, 0.29) is 0 Å².